The van der Waals surface area contributed by atoms with Gasteiger partial charge in [-0.15, -0.1) is 0 Å². The van der Waals surface area contributed by atoms with Gasteiger partial charge in [-0.2, -0.15) is 0 Å². The predicted molar refractivity (Wildman–Crippen MR) is 98.8 cm³/mol. The van der Waals surface area contributed by atoms with E-state index in [9.17, 15) is 5.11 Å². The highest BCUT2D eigenvalue weighted by Crippen LogP contribution is 2.30. The number of benzene rings is 2. The lowest BCUT2D eigenvalue weighted by molar-refractivity contribution is 0.112. The number of nitrogens with zero attached hydrogens (tertiary/aromatic N) is 1. The molecule has 0 amide bonds. The lowest BCUT2D eigenvalue weighted by Gasteiger charge is -2.33. The molecule has 3 nitrogen and oxygen atoms in total. The van der Waals surface area contributed by atoms with Gasteiger partial charge in [0, 0.05) is 28.7 Å². The molecule has 2 aromatic carbocycles. The molecule has 0 aromatic heterocycles. The molecule has 4 atom stereocenters. The molecular formula is C21H28N2O. The first kappa shape index (κ1) is 13.6. The lowest BCUT2D eigenvalue weighted by atomic mass is 10.0. The average molecular weight is 327 g/mol. The Morgan fingerprint density at radius 1 is 1.17 bits per heavy atom. The largest absolute Gasteiger partial charge is 0.394 e. The van der Waals surface area contributed by atoms with Crippen molar-refractivity contribution in [3.8, 4) is 0 Å². The van der Waals surface area contributed by atoms with Gasteiger partial charge >= 0.3 is 0 Å². The average Bonchev–Trinajstić information content (AvgIpc) is 2.83. The minimum absolute atomic E-state index is 0.000858. The summed E-state index contributed by atoms with van der Waals surface area (Å²) < 4.78 is 26.2. The third kappa shape index (κ3) is 3.69. The van der Waals surface area contributed by atoms with E-state index in [2.05, 4.69) is 5.32 Å². The maximum atomic E-state index is 10.0. The summed E-state index contributed by atoms with van der Waals surface area (Å²) in [5.41, 5.74) is 1.92. The Bertz CT molecular complexity index is 740. The molecule has 0 unspecified atom stereocenters. The number of likely N-dealkylation sites (tertiary alicyclic amines) is 1. The normalized spacial score (nSPS) is 31.0. The van der Waals surface area contributed by atoms with E-state index in [0.717, 1.165) is 11.1 Å². The van der Waals surface area contributed by atoms with Crippen LogP contribution in [0.2, 0.25) is 0 Å². The third-order valence-corrected chi connectivity index (χ3v) is 4.77. The zero-order valence-corrected chi connectivity index (χ0v) is 14.3. The van der Waals surface area contributed by atoms with Crippen molar-refractivity contribution in [2.45, 2.75) is 44.4 Å². The molecule has 0 bridgehead atoms. The molecule has 3 rings (SSSR count). The van der Waals surface area contributed by atoms with Gasteiger partial charge in [0.2, 0.25) is 0 Å². The van der Waals surface area contributed by atoms with Gasteiger partial charge in [0.15, 0.2) is 0 Å². The first-order chi connectivity index (χ1) is 12.8. The van der Waals surface area contributed by atoms with E-state index >= 15 is 0 Å². The smallest absolute Gasteiger partial charge is 0.0628 e. The van der Waals surface area contributed by atoms with Crippen molar-refractivity contribution >= 4 is 0 Å². The van der Waals surface area contributed by atoms with Gasteiger partial charge in [-0.1, -0.05) is 60.7 Å². The maximum absolute atomic E-state index is 10.0. The van der Waals surface area contributed by atoms with Crippen LogP contribution in [0.25, 0.3) is 0 Å². The molecule has 0 saturated carbocycles. The summed E-state index contributed by atoms with van der Waals surface area (Å²) in [4.78, 5) is 1.52. The van der Waals surface area contributed by atoms with Crippen molar-refractivity contribution in [3.05, 3.63) is 71.8 Å². The van der Waals surface area contributed by atoms with Gasteiger partial charge < -0.3 is 10.4 Å². The fourth-order valence-corrected chi connectivity index (χ4v) is 3.32. The molecule has 128 valence electrons. The second-order valence-electron chi connectivity index (χ2n) is 6.33. The van der Waals surface area contributed by atoms with E-state index < -0.39 is 18.6 Å². The van der Waals surface area contributed by atoms with Crippen LogP contribution in [0.3, 0.4) is 0 Å². The van der Waals surface area contributed by atoms with Crippen molar-refractivity contribution in [3.63, 3.8) is 0 Å². The summed E-state index contributed by atoms with van der Waals surface area (Å²) in [5.74, 6) is 0. The summed E-state index contributed by atoms with van der Waals surface area (Å²) in [6.45, 7) is 1.83. The second-order valence-corrected chi connectivity index (χ2v) is 6.33. The van der Waals surface area contributed by atoms with Crippen molar-refractivity contribution in [2.24, 2.45) is 0 Å². The van der Waals surface area contributed by atoms with Crippen LogP contribution in [0.1, 0.15) is 47.6 Å². The van der Waals surface area contributed by atoms with E-state index in [1.165, 1.54) is 4.90 Å². The predicted octanol–water partition coefficient (Wildman–Crippen LogP) is 3.53. The number of nitrogens with one attached hydrogen (secondary N) is 1. The molecular weight excluding hydrogens is 296 g/mol. The van der Waals surface area contributed by atoms with Gasteiger partial charge in [-0.25, -0.2) is 0 Å². The minimum Gasteiger partial charge on any atom is -0.394 e. The molecule has 1 saturated heterocycles. The summed E-state index contributed by atoms with van der Waals surface area (Å²) in [6, 6.07) is 17.2. The Labute approximate surface area is 149 Å². The van der Waals surface area contributed by atoms with Crippen molar-refractivity contribution in [2.75, 3.05) is 13.1 Å². The first-order valence-electron chi connectivity index (χ1n) is 10.0. The number of aliphatic hydroxyl groups excluding tert-OH is 1. The topological polar surface area (TPSA) is 35.5 Å². The van der Waals surface area contributed by atoms with Crippen LogP contribution in [-0.2, 0) is 0 Å². The molecule has 0 aliphatic carbocycles. The zero-order chi connectivity index (χ0) is 19.7. The highest BCUT2D eigenvalue weighted by Gasteiger charge is 2.35. The molecule has 2 aromatic rings. The highest BCUT2D eigenvalue weighted by molar-refractivity contribution is 5.21. The quantitative estimate of drug-likeness (QED) is 0.852. The first-order valence-corrected chi connectivity index (χ1v) is 8.53. The van der Waals surface area contributed by atoms with Gasteiger partial charge in [-0.05, 0) is 31.4 Å². The van der Waals surface area contributed by atoms with Crippen LogP contribution < -0.4 is 5.32 Å². The Morgan fingerprint density at radius 3 is 2.33 bits per heavy atom. The van der Waals surface area contributed by atoms with Gasteiger partial charge in [-0.3, -0.25) is 4.90 Å². The van der Waals surface area contributed by atoms with E-state index in [1.807, 2.05) is 67.6 Å². The molecule has 0 radical (unpaired) electrons. The Kier molecular flexibility index (Phi) is 4.49. The molecule has 0 spiro atoms. The summed E-state index contributed by atoms with van der Waals surface area (Å²) in [7, 11) is 0. The molecule has 3 heteroatoms. The monoisotopic (exact) mass is 327 g/mol. The SMILES string of the molecule is [2H]C1([2H])C[C@@H](N[C@H](C)c2ccccc2)[C@]([2H])(C)N1[C@H](CO)c1ccccc1. The van der Waals surface area contributed by atoms with Crippen LogP contribution in [0.4, 0.5) is 0 Å². The van der Waals surface area contributed by atoms with E-state index in [-0.39, 0.29) is 25.1 Å². The minimum atomic E-state index is -1.70. The molecule has 2 N–H and O–H groups in total. The summed E-state index contributed by atoms with van der Waals surface area (Å²) in [6.07, 6.45) is 0.188. The zero-order valence-electron chi connectivity index (χ0n) is 17.3. The fourth-order valence-electron chi connectivity index (χ4n) is 3.32. The van der Waals surface area contributed by atoms with Gasteiger partial charge in [0.05, 0.1) is 12.6 Å². The van der Waals surface area contributed by atoms with Crippen LogP contribution in [0.5, 0.6) is 0 Å². The van der Waals surface area contributed by atoms with Crippen LogP contribution >= 0.6 is 0 Å². The van der Waals surface area contributed by atoms with Crippen molar-refractivity contribution < 1.29 is 9.22 Å². The van der Waals surface area contributed by atoms with E-state index in [4.69, 9.17) is 4.11 Å². The van der Waals surface area contributed by atoms with Crippen LogP contribution in [-0.4, -0.2) is 35.2 Å². The number of aliphatic hydroxyl groups is 1. The molecule has 1 fully saturated rings. The number of hydrogen-bond acceptors (Lipinski definition) is 3. The molecule has 24 heavy (non-hydrogen) atoms. The van der Waals surface area contributed by atoms with Crippen LogP contribution in [0, 0.1) is 0 Å². The summed E-state index contributed by atoms with van der Waals surface area (Å²) >= 11 is 0. The van der Waals surface area contributed by atoms with Gasteiger partial charge in [0.25, 0.3) is 0 Å². The van der Waals surface area contributed by atoms with E-state index in [1.54, 1.807) is 6.92 Å². The third-order valence-electron chi connectivity index (χ3n) is 4.77. The van der Waals surface area contributed by atoms with Crippen LogP contribution in [0.15, 0.2) is 60.7 Å². The maximum Gasteiger partial charge on any atom is 0.0628 e. The molecule has 1 aliphatic heterocycles. The van der Waals surface area contributed by atoms with Gasteiger partial charge in [0.1, 0.15) is 0 Å². The highest BCUT2D eigenvalue weighted by atomic mass is 16.3. The van der Waals surface area contributed by atoms with Crippen molar-refractivity contribution in [1.29, 1.82) is 0 Å². The fraction of sp³-hybridized carbons (Fsp3) is 0.429. The molecule has 1 heterocycles. The lowest BCUT2D eigenvalue weighted by Crippen LogP contribution is -2.43. The Morgan fingerprint density at radius 2 is 1.75 bits per heavy atom. The standard InChI is InChI=1S/C21H28N2O/c1-16(18-9-5-3-6-10-18)22-20-13-14-23(17(20)2)21(15-24)19-11-7-4-8-12-19/h3-12,16-17,20-22,24H,13-15H2,1-2H3/t16-,17+,20-,21-/m1/s1/i14D2,17D. The Hall–Kier alpha value is -1.68. The van der Waals surface area contributed by atoms with E-state index in [0.29, 0.717) is 0 Å². The number of hydrogen-bond donors (Lipinski definition) is 2. The summed E-state index contributed by atoms with van der Waals surface area (Å²) in [5, 5.41) is 13.5. The second kappa shape index (κ2) is 7.93. The Balaban J connectivity index is 1.87. The number of rotatable bonds is 6. The van der Waals surface area contributed by atoms with Crippen molar-refractivity contribution in [1.82, 2.24) is 10.2 Å². The molecule has 1 aliphatic rings.